The molecular formula is C15H19N3OS. The highest BCUT2D eigenvalue weighted by atomic mass is 32.1. The fourth-order valence-electron chi connectivity index (χ4n) is 2.67. The van der Waals surface area contributed by atoms with Crippen molar-refractivity contribution in [2.24, 2.45) is 5.92 Å². The first-order chi connectivity index (χ1) is 9.74. The van der Waals surface area contributed by atoms with E-state index in [1.54, 1.807) is 11.3 Å². The summed E-state index contributed by atoms with van der Waals surface area (Å²) in [6.45, 7) is 3.58. The second kappa shape index (κ2) is 5.89. The number of amides is 1. The lowest BCUT2D eigenvalue weighted by atomic mass is 9.92. The van der Waals surface area contributed by atoms with Crippen LogP contribution in [0.2, 0.25) is 0 Å². The molecule has 0 spiro atoms. The molecule has 2 atom stereocenters. The number of nitrogens with one attached hydrogen (secondary N) is 2. The number of para-hydroxylation sites is 1. The summed E-state index contributed by atoms with van der Waals surface area (Å²) in [5.41, 5.74) is 1.01. The van der Waals surface area contributed by atoms with Crippen LogP contribution in [0.4, 0.5) is 0 Å². The molecule has 2 unspecified atom stereocenters. The van der Waals surface area contributed by atoms with Crippen LogP contribution >= 0.6 is 11.3 Å². The average Bonchev–Trinajstić information content (AvgIpc) is 2.88. The van der Waals surface area contributed by atoms with E-state index in [1.165, 1.54) is 4.70 Å². The van der Waals surface area contributed by atoms with E-state index in [1.807, 2.05) is 18.2 Å². The third-order valence-corrected chi connectivity index (χ3v) is 4.84. The van der Waals surface area contributed by atoms with Crippen LogP contribution in [0.3, 0.4) is 0 Å². The average molecular weight is 289 g/mol. The second-order valence-corrected chi connectivity index (χ2v) is 6.46. The van der Waals surface area contributed by atoms with Gasteiger partial charge in [0, 0.05) is 0 Å². The van der Waals surface area contributed by atoms with Gasteiger partial charge in [0.2, 0.25) is 5.91 Å². The van der Waals surface area contributed by atoms with Crippen molar-refractivity contribution in [1.82, 2.24) is 15.6 Å². The second-order valence-electron chi connectivity index (χ2n) is 5.34. The largest absolute Gasteiger partial charge is 0.348 e. The van der Waals surface area contributed by atoms with Gasteiger partial charge in [0.25, 0.3) is 0 Å². The zero-order chi connectivity index (χ0) is 13.9. The lowest BCUT2D eigenvalue weighted by Gasteiger charge is -2.28. The van der Waals surface area contributed by atoms with Crippen LogP contribution in [0.25, 0.3) is 10.2 Å². The molecular weight excluding hydrogens is 270 g/mol. The number of nitrogens with zero attached hydrogens (tertiary/aromatic N) is 1. The maximum atomic E-state index is 12.2. The van der Waals surface area contributed by atoms with E-state index < -0.39 is 0 Å². The summed E-state index contributed by atoms with van der Waals surface area (Å²) in [5, 5.41) is 7.27. The molecule has 0 bridgehead atoms. The van der Waals surface area contributed by atoms with Gasteiger partial charge in [-0.2, -0.15) is 0 Å². The molecule has 2 heterocycles. The molecule has 2 N–H and O–H groups in total. The van der Waals surface area contributed by atoms with Crippen LogP contribution in [0.15, 0.2) is 24.3 Å². The van der Waals surface area contributed by atoms with Crippen molar-refractivity contribution in [3.63, 3.8) is 0 Å². The van der Waals surface area contributed by atoms with Crippen LogP contribution in [0, 0.1) is 5.92 Å². The van der Waals surface area contributed by atoms with Gasteiger partial charge in [-0.25, -0.2) is 4.98 Å². The molecule has 1 aliphatic heterocycles. The first kappa shape index (κ1) is 13.5. The fourth-order valence-corrected chi connectivity index (χ4v) is 3.58. The van der Waals surface area contributed by atoms with Crippen molar-refractivity contribution >= 4 is 27.5 Å². The van der Waals surface area contributed by atoms with Gasteiger partial charge in [-0.05, 0) is 37.4 Å². The monoisotopic (exact) mass is 289 g/mol. The Bertz CT molecular complexity index is 577. The molecule has 1 aliphatic rings. The minimum Gasteiger partial charge on any atom is -0.348 e. The topological polar surface area (TPSA) is 54.0 Å². The molecule has 4 nitrogen and oxygen atoms in total. The van der Waals surface area contributed by atoms with Crippen LogP contribution in [0.5, 0.6) is 0 Å². The number of benzene rings is 1. The maximum Gasteiger partial charge on any atom is 0.237 e. The van der Waals surface area contributed by atoms with E-state index in [9.17, 15) is 4.79 Å². The first-order valence-electron chi connectivity index (χ1n) is 7.09. The van der Waals surface area contributed by atoms with Crippen LogP contribution in [0.1, 0.15) is 24.8 Å². The van der Waals surface area contributed by atoms with Crippen molar-refractivity contribution in [2.45, 2.75) is 32.4 Å². The summed E-state index contributed by atoms with van der Waals surface area (Å²) in [4.78, 5) is 16.7. The lowest BCUT2D eigenvalue weighted by molar-refractivity contribution is -0.125. The normalized spacial score (nSPS) is 22.9. The summed E-state index contributed by atoms with van der Waals surface area (Å²) in [7, 11) is 0. The molecule has 1 fully saturated rings. The number of hydrogen-bond donors (Lipinski definition) is 2. The van der Waals surface area contributed by atoms with Crippen LogP contribution < -0.4 is 10.6 Å². The molecule has 1 saturated heterocycles. The Balaban J connectivity index is 1.62. The zero-order valence-corrected chi connectivity index (χ0v) is 12.4. The molecule has 1 amide bonds. The van der Waals surface area contributed by atoms with E-state index in [4.69, 9.17) is 0 Å². The summed E-state index contributed by atoms with van der Waals surface area (Å²) in [5.74, 6) is 0.496. The number of fused-ring (bicyclic) bond motifs is 1. The van der Waals surface area contributed by atoms with Gasteiger partial charge in [0.1, 0.15) is 5.01 Å². The third kappa shape index (κ3) is 2.83. The SMILES string of the molecule is CC1CCCNC1C(=O)NCc1nc2ccccc2s1. The summed E-state index contributed by atoms with van der Waals surface area (Å²) >= 11 is 1.64. The van der Waals surface area contributed by atoms with E-state index >= 15 is 0 Å². The van der Waals surface area contributed by atoms with E-state index in [0.717, 1.165) is 29.9 Å². The number of thiazole rings is 1. The molecule has 20 heavy (non-hydrogen) atoms. The highest BCUT2D eigenvalue weighted by Gasteiger charge is 2.27. The Morgan fingerprint density at radius 3 is 3.15 bits per heavy atom. The minimum atomic E-state index is -0.0573. The summed E-state index contributed by atoms with van der Waals surface area (Å²) in [6.07, 6.45) is 2.27. The predicted molar refractivity (Wildman–Crippen MR) is 81.7 cm³/mol. The van der Waals surface area contributed by atoms with Crippen molar-refractivity contribution < 1.29 is 4.79 Å². The van der Waals surface area contributed by atoms with E-state index in [-0.39, 0.29) is 11.9 Å². The Morgan fingerprint density at radius 1 is 1.50 bits per heavy atom. The van der Waals surface area contributed by atoms with Gasteiger partial charge in [0.05, 0.1) is 22.8 Å². The lowest BCUT2D eigenvalue weighted by Crippen LogP contribution is -2.50. The number of carbonyl (C=O) groups excluding carboxylic acids is 1. The molecule has 5 heteroatoms. The molecule has 0 radical (unpaired) electrons. The molecule has 3 rings (SSSR count). The standard InChI is InChI=1S/C15H19N3OS/c1-10-5-4-8-16-14(10)15(19)17-9-13-18-11-6-2-3-7-12(11)20-13/h2-3,6-7,10,14,16H,4-5,8-9H2,1H3,(H,17,19). The van der Waals surface area contributed by atoms with Gasteiger partial charge < -0.3 is 10.6 Å². The van der Waals surface area contributed by atoms with Crippen LogP contribution in [-0.2, 0) is 11.3 Å². The molecule has 0 saturated carbocycles. The Hall–Kier alpha value is -1.46. The quantitative estimate of drug-likeness (QED) is 0.911. The number of carbonyl (C=O) groups is 1. The summed E-state index contributed by atoms with van der Waals surface area (Å²) < 4.78 is 1.17. The number of hydrogen-bond acceptors (Lipinski definition) is 4. The number of rotatable bonds is 3. The molecule has 106 valence electrons. The number of aromatic nitrogens is 1. The highest BCUT2D eigenvalue weighted by molar-refractivity contribution is 7.18. The van der Waals surface area contributed by atoms with Crippen LogP contribution in [-0.4, -0.2) is 23.5 Å². The van der Waals surface area contributed by atoms with Gasteiger partial charge in [-0.3, -0.25) is 4.79 Å². The third-order valence-electron chi connectivity index (χ3n) is 3.80. The van der Waals surface area contributed by atoms with Gasteiger partial charge in [-0.15, -0.1) is 11.3 Å². The van der Waals surface area contributed by atoms with Crippen molar-refractivity contribution in [3.05, 3.63) is 29.3 Å². The van der Waals surface area contributed by atoms with Crippen molar-refractivity contribution in [1.29, 1.82) is 0 Å². The molecule has 1 aromatic carbocycles. The van der Waals surface area contributed by atoms with E-state index in [0.29, 0.717) is 12.5 Å². The maximum absolute atomic E-state index is 12.2. The Kier molecular flexibility index (Phi) is 3.98. The highest BCUT2D eigenvalue weighted by Crippen LogP contribution is 2.21. The van der Waals surface area contributed by atoms with Gasteiger partial charge in [-0.1, -0.05) is 19.1 Å². The smallest absolute Gasteiger partial charge is 0.237 e. The minimum absolute atomic E-state index is 0.0573. The Labute approximate surface area is 122 Å². The summed E-state index contributed by atoms with van der Waals surface area (Å²) in [6, 6.07) is 8.00. The number of piperidine rings is 1. The Morgan fingerprint density at radius 2 is 2.35 bits per heavy atom. The molecule has 1 aromatic heterocycles. The van der Waals surface area contributed by atoms with Crippen molar-refractivity contribution in [3.8, 4) is 0 Å². The molecule has 0 aliphatic carbocycles. The predicted octanol–water partition coefficient (Wildman–Crippen LogP) is 2.30. The molecule has 2 aromatic rings. The van der Waals surface area contributed by atoms with E-state index in [2.05, 4.69) is 28.6 Å². The first-order valence-corrected chi connectivity index (χ1v) is 7.91. The van der Waals surface area contributed by atoms with Gasteiger partial charge >= 0.3 is 0 Å². The van der Waals surface area contributed by atoms with Gasteiger partial charge in [0.15, 0.2) is 0 Å². The zero-order valence-electron chi connectivity index (χ0n) is 11.6. The fraction of sp³-hybridized carbons (Fsp3) is 0.467. The van der Waals surface area contributed by atoms with Crippen molar-refractivity contribution in [2.75, 3.05) is 6.54 Å².